The molecule has 1 aromatic carbocycles. The van der Waals surface area contributed by atoms with E-state index in [1.807, 2.05) is 28.7 Å². The Morgan fingerprint density at radius 2 is 2.15 bits per heavy atom. The summed E-state index contributed by atoms with van der Waals surface area (Å²) in [5.74, 6) is 1.89. The van der Waals surface area contributed by atoms with Crippen LogP contribution in [-0.4, -0.2) is 44.4 Å². The molecule has 4 rings (SSSR count). The highest BCUT2D eigenvalue weighted by molar-refractivity contribution is 7.99. The van der Waals surface area contributed by atoms with Gasteiger partial charge in [0.15, 0.2) is 5.16 Å². The first-order valence-corrected chi connectivity index (χ1v) is 10.3. The van der Waals surface area contributed by atoms with Gasteiger partial charge in [0.05, 0.1) is 23.6 Å². The molecule has 1 aliphatic rings. The number of benzene rings is 1. The smallest absolute Gasteiger partial charge is 0.262 e. The standard InChI is InChI=1S/C19H24N4O3S/c1-13(2)7-9-22-17(24)15-5-3-4-6-16(15)23-18(22)20-21-19(23)27-11-14-8-10-25-12-26-14/h3-6,13-14H,7-12H2,1-2H3/t14-/m0/s1. The summed E-state index contributed by atoms with van der Waals surface area (Å²) in [6.45, 7) is 6.02. The molecule has 0 saturated carbocycles. The predicted octanol–water partition coefficient (Wildman–Crippen LogP) is 2.95. The van der Waals surface area contributed by atoms with E-state index in [4.69, 9.17) is 9.47 Å². The van der Waals surface area contributed by atoms with Gasteiger partial charge in [-0.2, -0.15) is 0 Å². The Bertz CT molecular complexity index is 992. The molecule has 0 N–H and O–H groups in total. The molecule has 8 heteroatoms. The van der Waals surface area contributed by atoms with Crippen molar-refractivity contribution in [3.63, 3.8) is 0 Å². The molecule has 0 aliphatic carbocycles. The van der Waals surface area contributed by atoms with E-state index in [9.17, 15) is 4.79 Å². The second-order valence-corrected chi connectivity index (χ2v) is 8.18. The molecule has 1 saturated heterocycles. The molecule has 0 amide bonds. The van der Waals surface area contributed by atoms with Gasteiger partial charge in [-0.15, -0.1) is 10.2 Å². The fourth-order valence-corrected chi connectivity index (χ4v) is 4.22. The van der Waals surface area contributed by atoms with Crippen LogP contribution in [0.4, 0.5) is 0 Å². The number of thioether (sulfide) groups is 1. The number of aryl methyl sites for hydroxylation is 1. The van der Waals surface area contributed by atoms with Gasteiger partial charge in [0.25, 0.3) is 5.56 Å². The van der Waals surface area contributed by atoms with Gasteiger partial charge in [-0.05, 0) is 30.9 Å². The minimum absolute atomic E-state index is 0.00420. The van der Waals surface area contributed by atoms with Crippen molar-refractivity contribution in [3.8, 4) is 0 Å². The average molecular weight is 388 g/mol. The summed E-state index contributed by atoms with van der Waals surface area (Å²) in [5.41, 5.74) is 0.842. The van der Waals surface area contributed by atoms with Gasteiger partial charge < -0.3 is 9.47 Å². The van der Waals surface area contributed by atoms with Crippen molar-refractivity contribution < 1.29 is 9.47 Å². The molecule has 3 aromatic rings. The quantitative estimate of drug-likeness (QED) is 0.605. The Hall–Kier alpha value is -1.90. The van der Waals surface area contributed by atoms with Gasteiger partial charge in [0, 0.05) is 12.3 Å². The molecule has 0 bridgehead atoms. The van der Waals surface area contributed by atoms with Crippen molar-refractivity contribution >= 4 is 28.4 Å². The first kappa shape index (κ1) is 18.5. The molecular formula is C19H24N4O3S. The summed E-state index contributed by atoms with van der Waals surface area (Å²) in [6.07, 6.45) is 1.94. The van der Waals surface area contributed by atoms with E-state index in [0.717, 1.165) is 35.9 Å². The highest BCUT2D eigenvalue weighted by Crippen LogP contribution is 2.24. The zero-order valence-corrected chi connectivity index (χ0v) is 16.4. The zero-order valence-electron chi connectivity index (χ0n) is 15.6. The maximum Gasteiger partial charge on any atom is 0.262 e. The summed E-state index contributed by atoms with van der Waals surface area (Å²) < 4.78 is 14.6. The second-order valence-electron chi connectivity index (χ2n) is 7.19. The largest absolute Gasteiger partial charge is 0.355 e. The van der Waals surface area contributed by atoms with E-state index in [1.165, 1.54) is 0 Å². The monoisotopic (exact) mass is 388 g/mol. The molecule has 144 valence electrons. The van der Waals surface area contributed by atoms with Crippen LogP contribution in [0.2, 0.25) is 0 Å². The Morgan fingerprint density at radius 1 is 1.30 bits per heavy atom. The van der Waals surface area contributed by atoms with Crippen molar-refractivity contribution in [2.75, 3.05) is 19.2 Å². The summed E-state index contributed by atoms with van der Waals surface area (Å²) in [7, 11) is 0. The van der Waals surface area contributed by atoms with E-state index >= 15 is 0 Å². The molecular weight excluding hydrogens is 364 g/mol. The Morgan fingerprint density at radius 3 is 2.93 bits per heavy atom. The molecule has 2 aromatic heterocycles. The maximum atomic E-state index is 13.0. The van der Waals surface area contributed by atoms with Crippen molar-refractivity contribution in [1.82, 2.24) is 19.2 Å². The molecule has 27 heavy (non-hydrogen) atoms. The van der Waals surface area contributed by atoms with E-state index in [-0.39, 0.29) is 11.7 Å². The van der Waals surface area contributed by atoms with Crippen LogP contribution in [0.5, 0.6) is 0 Å². The van der Waals surface area contributed by atoms with Gasteiger partial charge in [0.1, 0.15) is 6.79 Å². The lowest BCUT2D eigenvalue weighted by molar-refractivity contribution is -0.130. The van der Waals surface area contributed by atoms with Crippen LogP contribution in [-0.2, 0) is 16.0 Å². The van der Waals surface area contributed by atoms with Crippen molar-refractivity contribution in [2.24, 2.45) is 5.92 Å². The first-order valence-electron chi connectivity index (χ1n) is 9.34. The third kappa shape index (κ3) is 3.74. The Balaban J connectivity index is 1.76. The summed E-state index contributed by atoms with van der Waals surface area (Å²) in [6, 6.07) is 7.67. The number of hydrogen-bond acceptors (Lipinski definition) is 6. The van der Waals surface area contributed by atoms with Crippen LogP contribution in [0.1, 0.15) is 26.7 Å². The van der Waals surface area contributed by atoms with Crippen molar-refractivity contribution in [1.29, 1.82) is 0 Å². The first-order chi connectivity index (χ1) is 13.1. The highest BCUT2D eigenvalue weighted by atomic mass is 32.2. The van der Waals surface area contributed by atoms with Gasteiger partial charge >= 0.3 is 0 Å². The zero-order chi connectivity index (χ0) is 18.8. The fourth-order valence-electron chi connectivity index (χ4n) is 3.22. The minimum atomic E-state index is -0.00420. The van der Waals surface area contributed by atoms with E-state index in [1.54, 1.807) is 16.3 Å². The number of rotatable bonds is 6. The summed E-state index contributed by atoms with van der Waals surface area (Å²) in [4.78, 5) is 13.0. The number of para-hydroxylation sites is 1. The number of hydrogen-bond donors (Lipinski definition) is 0. The lowest BCUT2D eigenvalue weighted by atomic mass is 10.1. The van der Waals surface area contributed by atoms with Crippen LogP contribution in [0.25, 0.3) is 16.7 Å². The summed E-state index contributed by atoms with van der Waals surface area (Å²) in [5, 5.41) is 10.2. The normalized spacial score (nSPS) is 18.0. The van der Waals surface area contributed by atoms with Gasteiger partial charge in [0.2, 0.25) is 5.78 Å². The Labute approximate surface area is 161 Å². The molecule has 0 spiro atoms. The SMILES string of the molecule is CC(C)CCn1c(=O)c2ccccc2n2c(SC[C@@H]3CCOCO3)nnc12. The molecule has 1 aliphatic heterocycles. The van der Waals surface area contributed by atoms with Crippen LogP contribution < -0.4 is 5.56 Å². The number of nitrogens with zero attached hydrogens (tertiary/aromatic N) is 4. The molecule has 1 atom stereocenters. The van der Waals surface area contributed by atoms with E-state index in [2.05, 4.69) is 24.0 Å². The van der Waals surface area contributed by atoms with Crippen molar-refractivity contribution in [3.05, 3.63) is 34.6 Å². The van der Waals surface area contributed by atoms with Crippen LogP contribution in [0.15, 0.2) is 34.2 Å². The van der Waals surface area contributed by atoms with E-state index in [0.29, 0.717) is 30.4 Å². The third-order valence-corrected chi connectivity index (χ3v) is 5.84. The molecule has 7 nitrogen and oxygen atoms in total. The van der Waals surface area contributed by atoms with Gasteiger partial charge in [-0.1, -0.05) is 37.7 Å². The lowest BCUT2D eigenvalue weighted by Crippen LogP contribution is -2.26. The van der Waals surface area contributed by atoms with Gasteiger partial charge in [-0.3, -0.25) is 13.8 Å². The van der Waals surface area contributed by atoms with E-state index < -0.39 is 0 Å². The van der Waals surface area contributed by atoms with Crippen LogP contribution in [0, 0.1) is 5.92 Å². The maximum absolute atomic E-state index is 13.0. The van der Waals surface area contributed by atoms with Crippen LogP contribution >= 0.6 is 11.8 Å². The average Bonchev–Trinajstić information content (AvgIpc) is 3.11. The second kappa shape index (κ2) is 8.00. The predicted molar refractivity (Wildman–Crippen MR) is 105 cm³/mol. The molecule has 3 heterocycles. The Kier molecular flexibility index (Phi) is 5.47. The third-order valence-electron chi connectivity index (χ3n) is 4.78. The number of aromatic nitrogens is 4. The number of ether oxygens (including phenoxy) is 2. The molecule has 1 fully saturated rings. The summed E-state index contributed by atoms with van der Waals surface area (Å²) >= 11 is 1.61. The highest BCUT2D eigenvalue weighted by Gasteiger charge is 2.19. The topological polar surface area (TPSA) is 70.7 Å². The fraction of sp³-hybridized carbons (Fsp3) is 0.526. The van der Waals surface area contributed by atoms with Gasteiger partial charge in [-0.25, -0.2) is 0 Å². The molecule has 0 unspecified atom stereocenters. The minimum Gasteiger partial charge on any atom is -0.355 e. The van der Waals surface area contributed by atoms with Crippen LogP contribution in [0.3, 0.4) is 0 Å². The molecule has 0 radical (unpaired) electrons. The number of fused-ring (bicyclic) bond motifs is 3. The van der Waals surface area contributed by atoms with Crippen molar-refractivity contribution in [2.45, 2.75) is 44.5 Å². The lowest BCUT2D eigenvalue weighted by Gasteiger charge is -2.21.